The summed E-state index contributed by atoms with van der Waals surface area (Å²) in [6, 6.07) is 16.2. The largest absolute Gasteiger partial charge is 0.348 e. The molecule has 146 valence electrons. The summed E-state index contributed by atoms with van der Waals surface area (Å²) in [4.78, 5) is 18.8. The molecule has 1 heterocycles. The molecule has 0 atom stereocenters. The van der Waals surface area contributed by atoms with Crippen LogP contribution in [0.4, 0.5) is 0 Å². The lowest BCUT2D eigenvalue weighted by Gasteiger charge is -2.24. The Morgan fingerprint density at radius 3 is 2.32 bits per heavy atom. The molecule has 2 aromatic carbocycles. The van der Waals surface area contributed by atoms with Crippen molar-refractivity contribution in [2.45, 2.75) is 39.9 Å². The van der Waals surface area contributed by atoms with Gasteiger partial charge in [-0.25, -0.2) is 9.67 Å². The molecule has 0 radical (unpaired) electrons. The van der Waals surface area contributed by atoms with E-state index in [0.29, 0.717) is 18.2 Å². The molecule has 0 fully saturated rings. The van der Waals surface area contributed by atoms with E-state index >= 15 is 0 Å². The van der Waals surface area contributed by atoms with Gasteiger partial charge in [0.2, 0.25) is 0 Å². The molecule has 1 amide bonds. The van der Waals surface area contributed by atoms with E-state index in [1.807, 2.05) is 48.5 Å². The first-order valence-corrected chi connectivity index (χ1v) is 9.62. The van der Waals surface area contributed by atoms with Gasteiger partial charge in [0.15, 0.2) is 0 Å². The van der Waals surface area contributed by atoms with Crippen molar-refractivity contribution in [3.63, 3.8) is 0 Å². The fourth-order valence-electron chi connectivity index (χ4n) is 3.05. The van der Waals surface area contributed by atoms with E-state index in [9.17, 15) is 4.79 Å². The Balaban J connectivity index is 1.54. The molecule has 0 saturated carbocycles. The number of nitrogens with zero attached hydrogens (tertiary/aromatic N) is 4. The normalized spacial score (nSPS) is 11.2. The molecule has 0 unspecified atom stereocenters. The van der Waals surface area contributed by atoms with Crippen molar-refractivity contribution in [3.05, 3.63) is 77.9 Å². The van der Waals surface area contributed by atoms with Crippen LogP contribution in [0.2, 0.25) is 0 Å². The highest BCUT2D eigenvalue weighted by Gasteiger charge is 2.09. The molecule has 0 spiro atoms. The van der Waals surface area contributed by atoms with E-state index in [-0.39, 0.29) is 5.91 Å². The summed E-state index contributed by atoms with van der Waals surface area (Å²) >= 11 is 0. The number of benzene rings is 2. The van der Waals surface area contributed by atoms with Gasteiger partial charge in [0.05, 0.1) is 5.69 Å². The maximum atomic E-state index is 12.4. The molecule has 1 N–H and O–H groups in total. The first-order chi connectivity index (χ1) is 13.6. The molecule has 6 heteroatoms. The third kappa shape index (κ3) is 5.04. The summed E-state index contributed by atoms with van der Waals surface area (Å²) in [5.74, 6) is -0.0666. The van der Waals surface area contributed by atoms with E-state index in [0.717, 1.165) is 24.3 Å². The number of hydrogen-bond acceptors (Lipinski definition) is 4. The molecule has 0 bridgehead atoms. The number of amides is 1. The van der Waals surface area contributed by atoms with Gasteiger partial charge in [-0.2, -0.15) is 5.10 Å². The van der Waals surface area contributed by atoms with Crippen LogP contribution in [0.25, 0.3) is 5.69 Å². The predicted molar refractivity (Wildman–Crippen MR) is 110 cm³/mol. The fourth-order valence-corrected chi connectivity index (χ4v) is 3.05. The number of carbonyl (C=O) groups is 1. The second-order valence-corrected chi connectivity index (χ2v) is 7.04. The Bertz CT molecular complexity index is 870. The Kier molecular flexibility index (Phi) is 6.55. The highest BCUT2D eigenvalue weighted by atomic mass is 16.1. The van der Waals surface area contributed by atoms with E-state index in [1.165, 1.54) is 11.9 Å². The average Bonchev–Trinajstić information content (AvgIpc) is 3.25. The molecule has 0 aliphatic heterocycles. The summed E-state index contributed by atoms with van der Waals surface area (Å²) in [6.45, 7) is 8.95. The standard InChI is InChI=1S/C22H27N5O/c1-4-26(17(2)3)14-19-5-9-20(10-6-19)22(28)24-13-18-7-11-21(12-8-18)27-16-23-15-25-27/h5-12,15-17H,4,13-14H2,1-3H3,(H,24,28). The monoisotopic (exact) mass is 377 g/mol. The Labute approximate surface area is 166 Å². The summed E-state index contributed by atoms with van der Waals surface area (Å²) in [5.41, 5.74) is 3.86. The molecule has 0 saturated heterocycles. The molecular weight excluding hydrogens is 350 g/mol. The Hall–Kier alpha value is -2.99. The highest BCUT2D eigenvalue weighted by Crippen LogP contribution is 2.11. The van der Waals surface area contributed by atoms with Crippen LogP contribution in [0.1, 0.15) is 42.3 Å². The van der Waals surface area contributed by atoms with E-state index in [4.69, 9.17) is 0 Å². The van der Waals surface area contributed by atoms with Crippen LogP contribution in [-0.2, 0) is 13.1 Å². The second kappa shape index (κ2) is 9.28. The van der Waals surface area contributed by atoms with Crippen LogP contribution in [0, 0.1) is 0 Å². The van der Waals surface area contributed by atoms with Crippen molar-refractivity contribution >= 4 is 5.91 Å². The van der Waals surface area contributed by atoms with Crippen molar-refractivity contribution < 1.29 is 4.79 Å². The van der Waals surface area contributed by atoms with Crippen molar-refractivity contribution in [1.29, 1.82) is 0 Å². The minimum Gasteiger partial charge on any atom is -0.348 e. The lowest BCUT2D eigenvalue weighted by atomic mass is 10.1. The van der Waals surface area contributed by atoms with Crippen molar-refractivity contribution in [3.8, 4) is 5.69 Å². The molecule has 1 aromatic heterocycles. The van der Waals surface area contributed by atoms with Crippen LogP contribution >= 0.6 is 0 Å². The first kappa shape index (κ1) is 19.8. The lowest BCUT2D eigenvalue weighted by molar-refractivity contribution is 0.0951. The molecule has 0 aliphatic carbocycles. The number of aromatic nitrogens is 3. The average molecular weight is 377 g/mol. The third-order valence-electron chi connectivity index (χ3n) is 4.81. The second-order valence-electron chi connectivity index (χ2n) is 7.04. The minimum atomic E-state index is -0.0666. The number of rotatable bonds is 8. The van der Waals surface area contributed by atoms with Gasteiger partial charge in [0.1, 0.15) is 12.7 Å². The van der Waals surface area contributed by atoms with Crippen LogP contribution in [0.5, 0.6) is 0 Å². The molecule has 0 aliphatic rings. The summed E-state index contributed by atoms with van der Waals surface area (Å²) < 4.78 is 1.70. The topological polar surface area (TPSA) is 63.1 Å². The van der Waals surface area contributed by atoms with E-state index in [1.54, 1.807) is 11.0 Å². The third-order valence-corrected chi connectivity index (χ3v) is 4.81. The highest BCUT2D eigenvalue weighted by molar-refractivity contribution is 5.94. The molecule has 28 heavy (non-hydrogen) atoms. The van der Waals surface area contributed by atoms with Gasteiger partial charge >= 0.3 is 0 Å². The maximum absolute atomic E-state index is 12.4. The smallest absolute Gasteiger partial charge is 0.251 e. The van der Waals surface area contributed by atoms with Gasteiger partial charge in [-0.1, -0.05) is 31.2 Å². The van der Waals surface area contributed by atoms with Crippen LogP contribution in [0.15, 0.2) is 61.2 Å². The minimum absolute atomic E-state index is 0.0666. The van der Waals surface area contributed by atoms with Crippen molar-refractivity contribution in [2.75, 3.05) is 6.54 Å². The van der Waals surface area contributed by atoms with Crippen molar-refractivity contribution in [2.24, 2.45) is 0 Å². The summed E-state index contributed by atoms with van der Waals surface area (Å²) in [6.07, 6.45) is 3.16. The maximum Gasteiger partial charge on any atom is 0.251 e. The SMILES string of the molecule is CCN(Cc1ccc(C(=O)NCc2ccc(-n3cncn3)cc2)cc1)C(C)C. The molecule has 6 nitrogen and oxygen atoms in total. The van der Waals surface area contributed by atoms with E-state index in [2.05, 4.69) is 41.1 Å². The summed E-state index contributed by atoms with van der Waals surface area (Å²) in [7, 11) is 0. The zero-order valence-corrected chi connectivity index (χ0v) is 16.7. The number of nitrogens with one attached hydrogen (secondary N) is 1. The Morgan fingerprint density at radius 2 is 1.75 bits per heavy atom. The van der Waals surface area contributed by atoms with Crippen LogP contribution in [0.3, 0.4) is 0 Å². The van der Waals surface area contributed by atoms with Crippen LogP contribution < -0.4 is 5.32 Å². The van der Waals surface area contributed by atoms with Gasteiger partial charge in [0, 0.05) is 24.7 Å². The zero-order valence-electron chi connectivity index (χ0n) is 16.7. The molecule has 3 rings (SSSR count). The first-order valence-electron chi connectivity index (χ1n) is 9.62. The molecule has 3 aromatic rings. The van der Waals surface area contributed by atoms with Crippen molar-refractivity contribution in [1.82, 2.24) is 25.0 Å². The van der Waals surface area contributed by atoms with Gasteiger partial charge < -0.3 is 5.32 Å². The van der Waals surface area contributed by atoms with E-state index < -0.39 is 0 Å². The zero-order chi connectivity index (χ0) is 19.9. The van der Waals surface area contributed by atoms with Gasteiger partial charge in [-0.05, 0) is 55.8 Å². The predicted octanol–water partition coefficient (Wildman–Crippen LogP) is 3.43. The quantitative estimate of drug-likeness (QED) is 0.653. The van der Waals surface area contributed by atoms with Crippen LogP contribution in [-0.4, -0.2) is 38.2 Å². The Morgan fingerprint density at radius 1 is 1.07 bits per heavy atom. The van der Waals surface area contributed by atoms with Gasteiger partial charge in [-0.3, -0.25) is 9.69 Å². The van der Waals surface area contributed by atoms with Gasteiger partial charge in [0.25, 0.3) is 5.91 Å². The fraction of sp³-hybridized carbons (Fsp3) is 0.318. The lowest BCUT2D eigenvalue weighted by Crippen LogP contribution is -2.30. The summed E-state index contributed by atoms with van der Waals surface area (Å²) in [5, 5.41) is 7.08. The number of carbonyl (C=O) groups excluding carboxylic acids is 1. The van der Waals surface area contributed by atoms with Gasteiger partial charge in [-0.15, -0.1) is 0 Å². The number of hydrogen-bond donors (Lipinski definition) is 1. The molecular formula is C22H27N5O.